The van der Waals surface area contributed by atoms with E-state index in [1.54, 1.807) is 0 Å². The standard InChI is InChI=1S/C11H23ClO2/c1-6-13-10(2,3)7-8-14-11(4,5)9-12/h6-9H2,1-5H3. The SMILES string of the molecule is CCOC(C)(C)CCOC(C)(C)CCl. The molecule has 0 aromatic heterocycles. The molecule has 0 aromatic rings. The second-order valence-electron chi connectivity index (χ2n) is 4.68. The van der Waals surface area contributed by atoms with Crippen LogP contribution in [0.15, 0.2) is 0 Å². The predicted molar refractivity (Wildman–Crippen MR) is 61.1 cm³/mol. The molecule has 3 heteroatoms. The van der Waals surface area contributed by atoms with Gasteiger partial charge in [0.15, 0.2) is 0 Å². The van der Waals surface area contributed by atoms with E-state index in [-0.39, 0.29) is 11.2 Å². The number of alkyl halides is 1. The molecule has 0 amide bonds. The number of rotatable bonds is 7. The van der Waals surface area contributed by atoms with Crippen molar-refractivity contribution in [3.8, 4) is 0 Å². The normalized spacial score (nSPS) is 13.3. The maximum atomic E-state index is 5.75. The fraction of sp³-hybridized carbons (Fsp3) is 1.00. The maximum Gasteiger partial charge on any atom is 0.0761 e. The summed E-state index contributed by atoms with van der Waals surface area (Å²) in [5, 5.41) is 0. The topological polar surface area (TPSA) is 18.5 Å². The summed E-state index contributed by atoms with van der Waals surface area (Å²) in [7, 11) is 0. The van der Waals surface area contributed by atoms with Gasteiger partial charge in [-0.1, -0.05) is 0 Å². The Kier molecular flexibility index (Phi) is 6.03. The quantitative estimate of drug-likeness (QED) is 0.616. The molecule has 0 saturated heterocycles. The predicted octanol–water partition coefficient (Wildman–Crippen LogP) is 3.23. The van der Waals surface area contributed by atoms with Crippen LogP contribution in [-0.2, 0) is 9.47 Å². The van der Waals surface area contributed by atoms with Crippen molar-refractivity contribution in [1.29, 1.82) is 0 Å². The van der Waals surface area contributed by atoms with Crippen molar-refractivity contribution < 1.29 is 9.47 Å². The van der Waals surface area contributed by atoms with Gasteiger partial charge in [-0.25, -0.2) is 0 Å². The van der Waals surface area contributed by atoms with Gasteiger partial charge >= 0.3 is 0 Å². The minimum atomic E-state index is -0.232. The lowest BCUT2D eigenvalue weighted by Crippen LogP contribution is -2.31. The Balaban J connectivity index is 3.73. The van der Waals surface area contributed by atoms with Crippen LogP contribution < -0.4 is 0 Å². The first kappa shape index (κ1) is 14.2. The first-order valence-corrected chi connectivity index (χ1v) is 5.70. The van der Waals surface area contributed by atoms with Crippen molar-refractivity contribution >= 4 is 11.6 Å². The van der Waals surface area contributed by atoms with E-state index in [0.29, 0.717) is 12.5 Å². The summed E-state index contributed by atoms with van der Waals surface area (Å²) >= 11 is 5.75. The molecule has 0 bridgehead atoms. The summed E-state index contributed by atoms with van der Waals surface area (Å²) in [6.45, 7) is 11.6. The third-order valence-corrected chi connectivity index (χ3v) is 2.70. The lowest BCUT2D eigenvalue weighted by molar-refractivity contribution is -0.0619. The summed E-state index contributed by atoms with van der Waals surface area (Å²) in [6.07, 6.45) is 0.890. The van der Waals surface area contributed by atoms with Gasteiger partial charge in [0, 0.05) is 6.61 Å². The van der Waals surface area contributed by atoms with Crippen molar-refractivity contribution in [2.75, 3.05) is 19.1 Å². The molecule has 0 radical (unpaired) electrons. The van der Waals surface area contributed by atoms with E-state index in [2.05, 4.69) is 13.8 Å². The molecule has 0 aliphatic carbocycles. The van der Waals surface area contributed by atoms with Crippen LogP contribution in [0.1, 0.15) is 41.0 Å². The van der Waals surface area contributed by atoms with E-state index in [0.717, 1.165) is 13.0 Å². The highest BCUT2D eigenvalue weighted by molar-refractivity contribution is 6.18. The Morgan fingerprint density at radius 3 is 2.00 bits per heavy atom. The zero-order valence-electron chi connectivity index (χ0n) is 10.0. The van der Waals surface area contributed by atoms with Crippen LogP contribution in [-0.4, -0.2) is 30.3 Å². The van der Waals surface area contributed by atoms with Crippen LogP contribution in [0.5, 0.6) is 0 Å². The zero-order chi connectivity index (χ0) is 11.2. The summed E-state index contributed by atoms with van der Waals surface area (Å²) in [6, 6.07) is 0. The molecule has 0 saturated carbocycles. The van der Waals surface area contributed by atoms with Crippen LogP contribution in [0, 0.1) is 0 Å². The van der Waals surface area contributed by atoms with E-state index in [1.165, 1.54) is 0 Å². The molecule has 0 unspecified atom stereocenters. The van der Waals surface area contributed by atoms with Gasteiger partial charge in [0.2, 0.25) is 0 Å². The molecule has 0 fully saturated rings. The zero-order valence-corrected chi connectivity index (χ0v) is 10.8. The highest BCUT2D eigenvalue weighted by Gasteiger charge is 2.21. The minimum absolute atomic E-state index is 0.100. The number of hydrogen-bond donors (Lipinski definition) is 0. The van der Waals surface area contributed by atoms with Crippen LogP contribution in [0.25, 0.3) is 0 Å². The third kappa shape index (κ3) is 6.63. The Morgan fingerprint density at radius 2 is 1.57 bits per heavy atom. The molecule has 2 nitrogen and oxygen atoms in total. The van der Waals surface area contributed by atoms with Crippen LogP contribution in [0.4, 0.5) is 0 Å². The fourth-order valence-electron chi connectivity index (χ4n) is 1.07. The smallest absolute Gasteiger partial charge is 0.0761 e. The van der Waals surface area contributed by atoms with Crippen molar-refractivity contribution in [2.24, 2.45) is 0 Å². The monoisotopic (exact) mass is 222 g/mol. The van der Waals surface area contributed by atoms with Gasteiger partial charge in [0.05, 0.1) is 23.7 Å². The van der Waals surface area contributed by atoms with Gasteiger partial charge in [-0.05, 0) is 41.0 Å². The maximum absolute atomic E-state index is 5.75. The van der Waals surface area contributed by atoms with E-state index in [4.69, 9.17) is 21.1 Å². The molecule has 0 aliphatic heterocycles. The van der Waals surface area contributed by atoms with Crippen molar-refractivity contribution in [1.82, 2.24) is 0 Å². The van der Waals surface area contributed by atoms with Gasteiger partial charge in [-0.3, -0.25) is 0 Å². The highest BCUT2D eigenvalue weighted by Crippen LogP contribution is 2.17. The second-order valence-corrected chi connectivity index (χ2v) is 4.95. The first-order chi connectivity index (χ1) is 6.33. The second kappa shape index (κ2) is 5.94. The lowest BCUT2D eigenvalue weighted by atomic mass is 10.1. The number of halogens is 1. The third-order valence-electron chi connectivity index (χ3n) is 2.05. The summed E-state index contributed by atoms with van der Waals surface area (Å²) in [5.74, 6) is 0.516. The fourth-order valence-corrected chi connectivity index (χ4v) is 1.15. The van der Waals surface area contributed by atoms with Crippen molar-refractivity contribution in [3.63, 3.8) is 0 Å². The van der Waals surface area contributed by atoms with Crippen LogP contribution in [0.2, 0.25) is 0 Å². The highest BCUT2D eigenvalue weighted by atomic mass is 35.5. The van der Waals surface area contributed by atoms with Gasteiger partial charge in [-0.15, -0.1) is 11.6 Å². The summed E-state index contributed by atoms with van der Waals surface area (Å²) < 4.78 is 11.2. The van der Waals surface area contributed by atoms with Crippen molar-refractivity contribution in [2.45, 2.75) is 52.2 Å². The molecule has 0 rings (SSSR count). The molecule has 0 heterocycles. The molecule has 0 spiro atoms. The molecule has 0 aliphatic rings. The Hall–Kier alpha value is 0.210. The molecule has 86 valence electrons. The molecule has 0 aromatic carbocycles. The van der Waals surface area contributed by atoms with E-state index < -0.39 is 0 Å². The molecule has 0 N–H and O–H groups in total. The molecular formula is C11H23ClO2. The molecular weight excluding hydrogens is 200 g/mol. The first-order valence-electron chi connectivity index (χ1n) is 5.17. The minimum Gasteiger partial charge on any atom is -0.376 e. The largest absolute Gasteiger partial charge is 0.376 e. The summed E-state index contributed by atoms with van der Waals surface area (Å²) in [5.41, 5.74) is -0.332. The average molecular weight is 223 g/mol. The van der Waals surface area contributed by atoms with Gasteiger partial charge < -0.3 is 9.47 Å². The van der Waals surface area contributed by atoms with Crippen molar-refractivity contribution in [3.05, 3.63) is 0 Å². The molecule has 14 heavy (non-hydrogen) atoms. The lowest BCUT2D eigenvalue weighted by Gasteiger charge is -2.28. The summed E-state index contributed by atoms with van der Waals surface area (Å²) in [4.78, 5) is 0. The Morgan fingerprint density at radius 1 is 1.00 bits per heavy atom. The van der Waals surface area contributed by atoms with Crippen LogP contribution in [0.3, 0.4) is 0 Å². The molecule has 0 atom stereocenters. The van der Waals surface area contributed by atoms with E-state index in [9.17, 15) is 0 Å². The van der Waals surface area contributed by atoms with E-state index in [1.807, 2.05) is 20.8 Å². The van der Waals surface area contributed by atoms with Gasteiger partial charge in [0.25, 0.3) is 0 Å². The van der Waals surface area contributed by atoms with E-state index >= 15 is 0 Å². The Bertz CT molecular complexity index is 155. The van der Waals surface area contributed by atoms with Crippen LogP contribution >= 0.6 is 11.6 Å². The number of hydrogen-bond acceptors (Lipinski definition) is 2. The van der Waals surface area contributed by atoms with Gasteiger partial charge in [0.1, 0.15) is 0 Å². The van der Waals surface area contributed by atoms with Gasteiger partial charge in [-0.2, -0.15) is 0 Å². The number of ether oxygens (including phenoxy) is 2. The Labute approximate surface area is 92.9 Å². The average Bonchev–Trinajstić information content (AvgIpc) is 2.03.